The summed E-state index contributed by atoms with van der Waals surface area (Å²) in [6.45, 7) is 2.69. The first-order valence-electron chi connectivity index (χ1n) is 8.40. The Morgan fingerprint density at radius 1 is 1.19 bits per heavy atom. The summed E-state index contributed by atoms with van der Waals surface area (Å²) in [5, 5.41) is 8.05. The predicted octanol–water partition coefficient (Wildman–Crippen LogP) is 4.87. The van der Waals surface area contributed by atoms with Crippen molar-refractivity contribution < 1.29 is 9.53 Å². The summed E-state index contributed by atoms with van der Waals surface area (Å²) in [4.78, 5) is 12.8. The fourth-order valence-electron chi connectivity index (χ4n) is 2.73. The lowest BCUT2D eigenvalue weighted by Crippen LogP contribution is -2.17. The lowest BCUT2D eigenvalue weighted by Gasteiger charge is -2.07. The van der Waals surface area contributed by atoms with Crippen LogP contribution in [0.2, 0.25) is 5.02 Å². The molecule has 0 unspecified atom stereocenters. The average Bonchev–Trinajstić information content (AvgIpc) is 3.06. The van der Waals surface area contributed by atoms with E-state index in [4.69, 9.17) is 16.3 Å². The van der Waals surface area contributed by atoms with Gasteiger partial charge in [-0.1, -0.05) is 36.7 Å². The maximum Gasteiger partial charge on any atom is 0.273 e. The highest BCUT2D eigenvalue weighted by Gasteiger charge is 2.18. The first kappa shape index (κ1) is 18.0. The van der Waals surface area contributed by atoms with Crippen LogP contribution in [-0.2, 0) is 6.54 Å². The summed E-state index contributed by atoms with van der Waals surface area (Å²) < 4.78 is 7.14. The van der Waals surface area contributed by atoms with Gasteiger partial charge in [-0.3, -0.25) is 9.48 Å². The van der Waals surface area contributed by atoms with Crippen molar-refractivity contribution in [3.05, 3.63) is 65.3 Å². The third kappa shape index (κ3) is 3.89. The summed E-state index contributed by atoms with van der Waals surface area (Å²) in [5.74, 6) is 0.491. The van der Waals surface area contributed by atoms with Crippen LogP contribution >= 0.6 is 11.6 Å². The van der Waals surface area contributed by atoms with Crippen LogP contribution in [0, 0.1) is 0 Å². The smallest absolute Gasteiger partial charge is 0.273 e. The van der Waals surface area contributed by atoms with Crippen LogP contribution in [0.5, 0.6) is 5.75 Å². The third-order valence-corrected chi connectivity index (χ3v) is 4.15. The first-order chi connectivity index (χ1) is 12.6. The molecule has 0 aliphatic rings. The zero-order chi connectivity index (χ0) is 18.5. The van der Waals surface area contributed by atoms with Crippen LogP contribution in [0.4, 0.5) is 5.69 Å². The van der Waals surface area contributed by atoms with Crippen LogP contribution in [0.15, 0.2) is 54.6 Å². The molecule has 0 bridgehead atoms. The van der Waals surface area contributed by atoms with Crippen LogP contribution in [0.25, 0.3) is 11.3 Å². The Labute approximate surface area is 157 Å². The molecule has 1 N–H and O–H groups in total. The summed E-state index contributed by atoms with van der Waals surface area (Å²) in [5.41, 5.74) is 2.69. The van der Waals surface area contributed by atoms with E-state index in [1.54, 1.807) is 42.1 Å². The molecular weight excluding hydrogens is 350 g/mol. The number of para-hydroxylation sites is 1. The van der Waals surface area contributed by atoms with E-state index in [1.807, 2.05) is 31.2 Å². The minimum absolute atomic E-state index is 0.227. The molecule has 0 aliphatic heterocycles. The van der Waals surface area contributed by atoms with Crippen LogP contribution in [-0.4, -0.2) is 22.8 Å². The molecule has 6 heteroatoms. The van der Waals surface area contributed by atoms with Crippen molar-refractivity contribution in [2.24, 2.45) is 0 Å². The van der Waals surface area contributed by atoms with Crippen molar-refractivity contribution >= 4 is 23.2 Å². The number of nitrogens with one attached hydrogen (secondary N) is 1. The molecule has 134 valence electrons. The normalized spacial score (nSPS) is 10.6. The number of nitrogens with zero attached hydrogens (tertiary/aromatic N) is 2. The van der Waals surface area contributed by atoms with Crippen molar-refractivity contribution in [2.75, 3.05) is 12.4 Å². The molecule has 0 radical (unpaired) electrons. The van der Waals surface area contributed by atoms with Crippen molar-refractivity contribution in [1.82, 2.24) is 9.78 Å². The highest BCUT2D eigenvalue weighted by atomic mass is 35.5. The van der Waals surface area contributed by atoms with Gasteiger partial charge in [-0.15, -0.1) is 0 Å². The van der Waals surface area contributed by atoms with Gasteiger partial charge in [-0.05, 0) is 42.8 Å². The Bertz CT molecular complexity index is 921. The third-order valence-electron chi connectivity index (χ3n) is 3.91. The fourth-order valence-corrected chi connectivity index (χ4v) is 2.92. The molecule has 1 aromatic heterocycles. The summed E-state index contributed by atoms with van der Waals surface area (Å²) in [6, 6.07) is 16.5. The highest BCUT2D eigenvalue weighted by molar-refractivity contribution is 6.30. The Kier molecular flexibility index (Phi) is 5.58. The van der Waals surface area contributed by atoms with Gasteiger partial charge >= 0.3 is 0 Å². The van der Waals surface area contributed by atoms with Gasteiger partial charge in [0.05, 0.1) is 12.8 Å². The Hall–Kier alpha value is -2.79. The van der Waals surface area contributed by atoms with Crippen molar-refractivity contribution in [3.63, 3.8) is 0 Å². The van der Waals surface area contributed by atoms with Gasteiger partial charge in [-0.25, -0.2) is 0 Å². The molecule has 5 nitrogen and oxygen atoms in total. The molecule has 0 aliphatic carbocycles. The number of rotatable bonds is 6. The molecule has 3 aromatic rings. The number of anilines is 1. The molecule has 0 spiro atoms. The predicted molar refractivity (Wildman–Crippen MR) is 104 cm³/mol. The van der Waals surface area contributed by atoms with E-state index >= 15 is 0 Å². The minimum Gasteiger partial charge on any atom is -0.496 e. The number of aromatic nitrogens is 2. The number of hydrogen-bond acceptors (Lipinski definition) is 3. The zero-order valence-electron chi connectivity index (χ0n) is 14.7. The molecular formula is C20H20ClN3O2. The molecule has 3 rings (SSSR count). The highest BCUT2D eigenvalue weighted by Crippen LogP contribution is 2.29. The molecule has 0 saturated heterocycles. The first-order valence-corrected chi connectivity index (χ1v) is 8.78. The maximum atomic E-state index is 12.8. The molecule has 1 amide bonds. The lowest BCUT2D eigenvalue weighted by atomic mass is 10.1. The average molecular weight is 370 g/mol. The number of benzene rings is 2. The SMILES string of the molecule is CCCn1nc(-c2ccccc2OC)cc1C(=O)Nc1cccc(Cl)c1. The van der Waals surface area contributed by atoms with Gasteiger partial charge in [0.15, 0.2) is 0 Å². The van der Waals surface area contributed by atoms with Crippen molar-refractivity contribution in [3.8, 4) is 17.0 Å². The Morgan fingerprint density at radius 2 is 2.00 bits per heavy atom. The zero-order valence-corrected chi connectivity index (χ0v) is 15.5. The molecule has 0 atom stereocenters. The van der Waals surface area contributed by atoms with E-state index in [2.05, 4.69) is 10.4 Å². The summed E-state index contributed by atoms with van der Waals surface area (Å²) >= 11 is 5.99. The number of hydrogen-bond donors (Lipinski definition) is 1. The van der Waals surface area contributed by atoms with Gasteiger partial charge in [0, 0.05) is 22.8 Å². The second-order valence-corrected chi connectivity index (χ2v) is 6.24. The van der Waals surface area contributed by atoms with E-state index in [9.17, 15) is 4.79 Å². The second-order valence-electron chi connectivity index (χ2n) is 5.80. The quantitative estimate of drug-likeness (QED) is 0.674. The van der Waals surface area contributed by atoms with Crippen LogP contribution in [0.1, 0.15) is 23.8 Å². The van der Waals surface area contributed by atoms with E-state index in [0.717, 1.165) is 17.7 Å². The Morgan fingerprint density at radius 3 is 2.73 bits per heavy atom. The number of halogens is 1. The summed E-state index contributed by atoms with van der Waals surface area (Å²) in [7, 11) is 1.62. The van der Waals surface area contributed by atoms with Crippen molar-refractivity contribution in [1.29, 1.82) is 0 Å². The second kappa shape index (κ2) is 8.06. The number of aryl methyl sites for hydroxylation is 1. The number of carbonyl (C=O) groups excluding carboxylic acids is 1. The largest absolute Gasteiger partial charge is 0.496 e. The topological polar surface area (TPSA) is 56.2 Å². The monoisotopic (exact) mass is 369 g/mol. The van der Waals surface area contributed by atoms with Crippen LogP contribution in [0.3, 0.4) is 0 Å². The standard InChI is InChI=1S/C20H20ClN3O2/c1-3-11-24-18(20(25)22-15-8-6-7-14(21)12-15)13-17(23-24)16-9-4-5-10-19(16)26-2/h4-10,12-13H,3,11H2,1-2H3,(H,22,25). The van der Waals surface area contributed by atoms with Gasteiger partial charge in [-0.2, -0.15) is 5.10 Å². The Balaban J connectivity index is 1.95. The number of amides is 1. The number of carbonyl (C=O) groups is 1. The van der Waals surface area contributed by atoms with E-state index in [0.29, 0.717) is 28.6 Å². The summed E-state index contributed by atoms with van der Waals surface area (Å²) in [6.07, 6.45) is 0.866. The number of ether oxygens (including phenoxy) is 1. The van der Waals surface area contributed by atoms with Gasteiger partial charge in [0.1, 0.15) is 11.4 Å². The van der Waals surface area contributed by atoms with Crippen LogP contribution < -0.4 is 10.1 Å². The van der Waals surface area contributed by atoms with Crippen molar-refractivity contribution in [2.45, 2.75) is 19.9 Å². The van der Waals surface area contributed by atoms with Gasteiger partial charge in [0.25, 0.3) is 5.91 Å². The maximum absolute atomic E-state index is 12.8. The van der Waals surface area contributed by atoms with E-state index < -0.39 is 0 Å². The lowest BCUT2D eigenvalue weighted by molar-refractivity contribution is 0.101. The molecule has 0 fully saturated rings. The molecule has 26 heavy (non-hydrogen) atoms. The number of methoxy groups -OCH3 is 1. The molecule has 1 heterocycles. The van der Waals surface area contributed by atoms with E-state index in [-0.39, 0.29) is 5.91 Å². The van der Waals surface area contributed by atoms with E-state index in [1.165, 1.54) is 0 Å². The minimum atomic E-state index is -0.227. The van der Waals surface area contributed by atoms with Gasteiger partial charge in [0.2, 0.25) is 0 Å². The van der Waals surface area contributed by atoms with Gasteiger partial charge < -0.3 is 10.1 Å². The molecule has 0 saturated carbocycles. The molecule has 2 aromatic carbocycles. The fraction of sp³-hybridized carbons (Fsp3) is 0.200.